The normalized spacial score (nSPS) is 14.6. The molecule has 2 aromatic rings. The summed E-state index contributed by atoms with van der Waals surface area (Å²) < 4.78 is 1.06. The lowest BCUT2D eigenvalue weighted by Gasteiger charge is -2.21. The molecule has 1 aliphatic heterocycles. The van der Waals surface area contributed by atoms with E-state index in [4.69, 9.17) is 0 Å². The Hall–Kier alpha value is -2.02. The number of nitrogens with one attached hydrogen (secondary N) is 1. The first-order valence-corrected chi connectivity index (χ1v) is 9.02. The quantitative estimate of drug-likeness (QED) is 0.556. The van der Waals surface area contributed by atoms with Crippen molar-refractivity contribution in [1.29, 1.82) is 0 Å². The van der Waals surface area contributed by atoms with Gasteiger partial charge in [0.15, 0.2) is 0 Å². The van der Waals surface area contributed by atoms with E-state index in [0.29, 0.717) is 11.1 Å². The van der Waals surface area contributed by atoms with Crippen LogP contribution in [0.15, 0.2) is 36.4 Å². The zero-order valence-corrected chi connectivity index (χ0v) is 15.8. The summed E-state index contributed by atoms with van der Waals surface area (Å²) in [6, 6.07) is 11.4. The predicted octanol–water partition coefficient (Wildman–Crippen LogP) is 4.34. The lowest BCUT2D eigenvalue weighted by atomic mass is 10.0. The lowest BCUT2D eigenvalue weighted by Crippen LogP contribution is -2.21. The number of aromatic hydroxyl groups is 1. The first-order chi connectivity index (χ1) is 11.5. The summed E-state index contributed by atoms with van der Waals surface area (Å²) in [5.74, 6) is 0.0398. The number of halogens is 1. The summed E-state index contributed by atoms with van der Waals surface area (Å²) >= 11 is 2.23. The Morgan fingerprint density at radius 2 is 1.92 bits per heavy atom. The van der Waals surface area contributed by atoms with Crippen LogP contribution in [0.4, 0.5) is 11.4 Å². The number of hydrogen-bond donors (Lipinski definition) is 2. The molecule has 2 N–H and O–H groups in total. The molecule has 0 aliphatic carbocycles. The molecule has 1 amide bonds. The first-order valence-electron chi connectivity index (χ1n) is 7.94. The highest BCUT2D eigenvalue weighted by molar-refractivity contribution is 14.1. The molecule has 0 unspecified atom stereocenters. The average Bonchev–Trinajstić information content (AvgIpc) is 2.86. The molecule has 0 saturated carbocycles. The summed E-state index contributed by atoms with van der Waals surface area (Å²) in [5, 5.41) is 13.2. The molecule has 0 spiro atoms. The molecule has 0 radical (unpaired) electrons. The highest BCUT2D eigenvalue weighted by Crippen LogP contribution is 2.36. The van der Waals surface area contributed by atoms with Crippen molar-refractivity contribution < 1.29 is 9.90 Å². The van der Waals surface area contributed by atoms with Gasteiger partial charge >= 0.3 is 0 Å². The third kappa shape index (κ3) is 3.13. The summed E-state index contributed by atoms with van der Waals surface area (Å²) in [5.41, 5.74) is 3.88. The minimum absolute atomic E-state index is 0.140. The van der Waals surface area contributed by atoms with Crippen LogP contribution >= 0.6 is 22.6 Å². The third-order valence-corrected chi connectivity index (χ3v) is 4.88. The van der Waals surface area contributed by atoms with Crippen LogP contribution in [-0.4, -0.2) is 24.1 Å². The number of nitrogens with zero attached hydrogens (tertiary/aromatic N) is 1. The van der Waals surface area contributed by atoms with Gasteiger partial charge in [0.1, 0.15) is 5.75 Å². The Labute approximate surface area is 155 Å². The fourth-order valence-electron chi connectivity index (χ4n) is 2.90. The number of phenolic OH excluding ortho intramolecular Hbond substituents is 1. The van der Waals surface area contributed by atoms with Gasteiger partial charge in [-0.05, 0) is 72.8 Å². The molecule has 0 bridgehead atoms. The van der Waals surface area contributed by atoms with Gasteiger partial charge in [0.2, 0.25) is 0 Å². The molecule has 124 valence electrons. The van der Waals surface area contributed by atoms with Crippen molar-refractivity contribution in [3.8, 4) is 5.75 Å². The van der Waals surface area contributed by atoms with E-state index >= 15 is 0 Å². The van der Waals surface area contributed by atoms with Gasteiger partial charge in [-0.15, -0.1) is 0 Å². The van der Waals surface area contributed by atoms with Crippen LogP contribution in [0.5, 0.6) is 5.75 Å². The molecule has 0 atom stereocenters. The molecule has 1 aliphatic rings. The van der Waals surface area contributed by atoms with Gasteiger partial charge in [0.25, 0.3) is 5.91 Å². The smallest absolute Gasteiger partial charge is 0.256 e. The van der Waals surface area contributed by atoms with Crippen molar-refractivity contribution in [1.82, 2.24) is 0 Å². The minimum atomic E-state index is -0.140. The Balaban J connectivity index is 2.01. The molecule has 1 heterocycles. The number of carbonyl (C=O) groups excluding carboxylic acids is 1. The number of phenols is 1. The van der Waals surface area contributed by atoms with Crippen molar-refractivity contribution in [3.63, 3.8) is 0 Å². The maximum absolute atomic E-state index is 12.3. The van der Waals surface area contributed by atoms with Gasteiger partial charge in [0, 0.05) is 50.8 Å². The van der Waals surface area contributed by atoms with E-state index in [1.165, 1.54) is 0 Å². The van der Waals surface area contributed by atoms with Crippen molar-refractivity contribution in [2.45, 2.75) is 13.8 Å². The van der Waals surface area contributed by atoms with Crippen molar-refractivity contribution in [2.24, 2.45) is 0 Å². The van der Waals surface area contributed by atoms with E-state index in [2.05, 4.69) is 46.7 Å². The van der Waals surface area contributed by atoms with Crippen LogP contribution in [0.2, 0.25) is 0 Å². The van der Waals surface area contributed by atoms with Crippen LogP contribution in [0.25, 0.3) is 11.6 Å². The van der Waals surface area contributed by atoms with Gasteiger partial charge in [-0.25, -0.2) is 0 Å². The standard InChI is InChI=1S/C19H19IN2O2/c1-3-22(4-2)14-7-5-12(18(23)11-14)9-16-15-10-13(20)6-8-17(15)21-19(16)24/h5-11,23H,3-4H2,1-2H3,(H,21,24). The number of hydrogen-bond acceptors (Lipinski definition) is 3. The fraction of sp³-hybridized carbons (Fsp3) is 0.211. The number of anilines is 2. The maximum atomic E-state index is 12.3. The maximum Gasteiger partial charge on any atom is 0.256 e. The molecule has 24 heavy (non-hydrogen) atoms. The predicted molar refractivity (Wildman–Crippen MR) is 107 cm³/mol. The molecule has 2 aromatic carbocycles. The lowest BCUT2D eigenvalue weighted by molar-refractivity contribution is -0.110. The van der Waals surface area contributed by atoms with Crippen LogP contribution in [0.1, 0.15) is 25.0 Å². The fourth-order valence-corrected chi connectivity index (χ4v) is 3.39. The Kier molecular flexibility index (Phi) is 4.80. The molecular weight excluding hydrogens is 415 g/mol. The second-order valence-corrected chi connectivity index (χ2v) is 6.86. The SMILES string of the molecule is CCN(CC)c1ccc(C=C2C(=O)Nc3ccc(I)cc32)c(O)c1. The van der Waals surface area contributed by atoms with E-state index < -0.39 is 0 Å². The monoisotopic (exact) mass is 434 g/mol. The van der Waals surface area contributed by atoms with Crippen molar-refractivity contribution in [2.75, 3.05) is 23.3 Å². The van der Waals surface area contributed by atoms with Crippen LogP contribution in [0, 0.1) is 3.57 Å². The summed E-state index contributed by atoms with van der Waals surface area (Å²) in [7, 11) is 0. The van der Waals surface area contributed by atoms with E-state index in [0.717, 1.165) is 33.6 Å². The molecule has 0 aromatic heterocycles. The number of benzene rings is 2. The van der Waals surface area contributed by atoms with Crippen molar-refractivity contribution in [3.05, 3.63) is 51.1 Å². The molecule has 3 rings (SSSR count). The number of fused-ring (bicyclic) bond motifs is 1. The highest BCUT2D eigenvalue weighted by atomic mass is 127. The molecule has 4 nitrogen and oxygen atoms in total. The minimum Gasteiger partial charge on any atom is -0.507 e. The second kappa shape index (κ2) is 6.84. The highest BCUT2D eigenvalue weighted by Gasteiger charge is 2.24. The van der Waals surface area contributed by atoms with Gasteiger partial charge in [-0.1, -0.05) is 0 Å². The summed E-state index contributed by atoms with van der Waals surface area (Å²) in [4.78, 5) is 14.4. The molecule has 0 saturated heterocycles. The zero-order valence-electron chi connectivity index (χ0n) is 13.6. The van der Waals surface area contributed by atoms with Crippen LogP contribution < -0.4 is 10.2 Å². The van der Waals surface area contributed by atoms with Gasteiger partial charge < -0.3 is 15.3 Å². The summed E-state index contributed by atoms with van der Waals surface area (Å²) in [6.45, 7) is 5.92. The van der Waals surface area contributed by atoms with E-state index in [1.54, 1.807) is 12.1 Å². The zero-order chi connectivity index (χ0) is 17.3. The molecular formula is C19H19IN2O2. The largest absolute Gasteiger partial charge is 0.507 e. The number of amides is 1. The molecule has 5 heteroatoms. The van der Waals surface area contributed by atoms with Crippen molar-refractivity contribution >= 4 is 51.5 Å². The number of rotatable bonds is 4. The average molecular weight is 434 g/mol. The summed E-state index contributed by atoms with van der Waals surface area (Å²) in [6.07, 6.45) is 1.75. The third-order valence-electron chi connectivity index (χ3n) is 4.21. The first kappa shape index (κ1) is 16.8. The van der Waals surface area contributed by atoms with Crippen LogP contribution in [-0.2, 0) is 4.79 Å². The van der Waals surface area contributed by atoms with E-state index in [9.17, 15) is 9.90 Å². The number of carbonyl (C=O) groups is 1. The second-order valence-electron chi connectivity index (χ2n) is 5.62. The van der Waals surface area contributed by atoms with Crippen LogP contribution in [0.3, 0.4) is 0 Å². The molecule has 0 fully saturated rings. The Morgan fingerprint density at radius 1 is 1.17 bits per heavy atom. The van der Waals surface area contributed by atoms with Gasteiger partial charge in [-0.2, -0.15) is 0 Å². The van der Waals surface area contributed by atoms with Gasteiger partial charge in [-0.3, -0.25) is 4.79 Å². The topological polar surface area (TPSA) is 52.6 Å². The van der Waals surface area contributed by atoms with E-state index in [-0.39, 0.29) is 11.7 Å². The van der Waals surface area contributed by atoms with E-state index in [1.807, 2.05) is 30.3 Å². The van der Waals surface area contributed by atoms with Gasteiger partial charge in [0.05, 0.1) is 0 Å². The Morgan fingerprint density at radius 3 is 2.58 bits per heavy atom. The Bertz CT molecular complexity index is 826.